The van der Waals surface area contributed by atoms with Gasteiger partial charge in [0.05, 0.1) is 0 Å². The second-order valence-electron chi connectivity index (χ2n) is 8.55. The molecule has 2 aromatic carbocycles. The number of hydrogen-bond acceptors (Lipinski definition) is 4. The number of amides is 3. The molecule has 0 saturated heterocycles. The fourth-order valence-corrected chi connectivity index (χ4v) is 4.91. The number of benzene rings is 2. The summed E-state index contributed by atoms with van der Waals surface area (Å²) in [4.78, 5) is 39.4. The van der Waals surface area contributed by atoms with E-state index in [0.29, 0.717) is 5.69 Å². The summed E-state index contributed by atoms with van der Waals surface area (Å²) < 4.78 is 39.5. The molecule has 0 bridgehead atoms. The maximum Gasteiger partial charge on any atom is 0.243 e. The van der Waals surface area contributed by atoms with Gasteiger partial charge in [-0.05, 0) is 62.2 Å². The van der Waals surface area contributed by atoms with Crippen molar-refractivity contribution in [2.75, 3.05) is 21.7 Å². The Hall–Kier alpha value is -3.14. The maximum absolute atomic E-state index is 13.9. The Bertz CT molecular complexity index is 1070. The van der Waals surface area contributed by atoms with Crippen LogP contribution >= 0.6 is 0 Å². The lowest BCUT2D eigenvalue weighted by molar-refractivity contribution is -0.126. The van der Waals surface area contributed by atoms with E-state index in [1.807, 2.05) is 0 Å². The SMILES string of the molecule is C[C@@H](C(=O)NC1CCCCC1)N(C(=O)C[S@@](=O)CC(=O)Nc1ccc(F)cc1)c1cccc(F)c1. The van der Waals surface area contributed by atoms with Gasteiger partial charge in [0.2, 0.25) is 17.7 Å². The summed E-state index contributed by atoms with van der Waals surface area (Å²) in [7, 11) is -1.90. The quantitative estimate of drug-likeness (QED) is 0.545. The van der Waals surface area contributed by atoms with Crippen LogP contribution in [0, 0.1) is 11.6 Å². The largest absolute Gasteiger partial charge is 0.352 e. The molecule has 2 atom stereocenters. The van der Waals surface area contributed by atoms with Gasteiger partial charge in [0.1, 0.15) is 29.2 Å². The van der Waals surface area contributed by atoms with Crippen molar-refractivity contribution in [1.29, 1.82) is 0 Å². The third-order valence-corrected chi connectivity index (χ3v) is 6.93. The molecule has 3 amide bonds. The molecule has 0 aliphatic heterocycles. The van der Waals surface area contributed by atoms with Gasteiger partial charge in [-0.3, -0.25) is 23.5 Å². The number of anilines is 2. The lowest BCUT2D eigenvalue weighted by Crippen LogP contribution is -2.52. The molecule has 35 heavy (non-hydrogen) atoms. The first kappa shape index (κ1) is 26.5. The van der Waals surface area contributed by atoms with E-state index in [-0.39, 0.29) is 17.6 Å². The summed E-state index contributed by atoms with van der Waals surface area (Å²) >= 11 is 0. The highest BCUT2D eigenvalue weighted by molar-refractivity contribution is 7.86. The van der Waals surface area contributed by atoms with Crippen LogP contribution in [0.15, 0.2) is 48.5 Å². The van der Waals surface area contributed by atoms with E-state index in [0.717, 1.165) is 43.1 Å². The van der Waals surface area contributed by atoms with Gasteiger partial charge in [0.25, 0.3) is 0 Å². The molecule has 3 rings (SSSR count). The summed E-state index contributed by atoms with van der Waals surface area (Å²) in [5, 5.41) is 5.45. The highest BCUT2D eigenvalue weighted by Gasteiger charge is 2.30. The zero-order chi connectivity index (χ0) is 25.4. The minimum absolute atomic E-state index is 0.0208. The van der Waals surface area contributed by atoms with Crippen LogP contribution in [0.1, 0.15) is 39.0 Å². The topological polar surface area (TPSA) is 95.6 Å². The number of rotatable bonds is 9. The highest BCUT2D eigenvalue weighted by atomic mass is 32.2. The summed E-state index contributed by atoms with van der Waals surface area (Å²) in [6.07, 6.45) is 4.88. The lowest BCUT2D eigenvalue weighted by Gasteiger charge is -2.31. The van der Waals surface area contributed by atoms with Crippen LogP contribution in [0.5, 0.6) is 0 Å². The Morgan fingerprint density at radius 3 is 2.34 bits per heavy atom. The molecule has 1 aliphatic rings. The first-order valence-electron chi connectivity index (χ1n) is 11.5. The number of carbonyl (C=O) groups excluding carboxylic acids is 3. The fourth-order valence-electron chi connectivity index (χ4n) is 4.03. The molecule has 0 spiro atoms. The average molecular weight is 506 g/mol. The number of carbonyl (C=O) groups is 3. The molecule has 0 heterocycles. The third-order valence-electron chi connectivity index (χ3n) is 5.78. The van der Waals surface area contributed by atoms with Crippen LogP contribution in [-0.4, -0.2) is 45.5 Å². The van der Waals surface area contributed by atoms with Crippen LogP contribution < -0.4 is 15.5 Å². The van der Waals surface area contributed by atoms with E-state index in [9.17, 15) is 27.4 Å². The van der Waals surface area contributed by atoms with Crippen molar-refractivity contribution < 1.29 is 27.4 Å². The predicted molar refractivity (Wildman–Crippen MR) is 131 cm³/mol. The Kier molecular flexibility index (Phi) is 9.47. The van der Waals surface area contributed by atoms with Crippen molar-refractivity contribution in [1.82, 2.24) is 5.32 Å². The van der Waals surface area contributed by atoms with E-state index in [1.165, 1.54) is 49.4 Å². The van der Waals surface area contributed by atoms with Gasteiger partial charge in [-0.1, -0.05) is 25.3 Å². The van der Waals surface area contributed by atoms with Gasteiger partial charge in [0, 0.05) is 28.2 Å². The number of nitrogens with one attached hydrogen (secondary N) is 2. The summed E-state index contributed by atoms with van der Waals surface area (Å²) in [5.74, 6) is -3.71. The molecule has 0 aromatic heterocycles. The van der Waals surface area contributed by atoms with E-state index in [1.54, 1.807) is 0 Å². The van der Waals surface area contributed by atoms with Crippen LogP contribution in [0.4, 0.5) is 20.2 Å². The second kappa shape index (κ2) is 12.5. The van der Waals surface area contributed by atoms with Crippen molar-refractivity contribution in [2.45, 2.75) is 51.1 Å². The molecule has 0 radical (unpaired) electrons. The van der Waals surface area contributed by atoms with Crippen LogP contribution in [0.25, 0.3) is 0 Å². The summed E-state index contributed by atoms with van der Waals surface area (Å²) in [6.45, 7) is 1.53. The van der Waals surface area contributed by atoms with Crippen molar-refractivity contribution in [3.05, 3.63) is 60.2 Å². The fraction of sp³-hybridized carbons (Fsp3) is 0.400. The molecule has 1 aliphatic carbocycles. The van der Waals surface area contributed by atoms with Gasteiger partial charge in [0.15, 0.2) is 0 Å². The van der Waals surface area contributed by atoms with E-state index in [2.05, 4.69) is 10.6 Å². The van der Waals surface area contributed by atoms with Crippen molar-refractivity contribution >= 4 is 39.9 Å². The predicted octanol–water partition coefficient (Wildman–Crippen LogP) is 3.52. The molecular formula is C25H29F2N3O4S. The summed E-state index contributed by atoms with van der Waals surface area (Å²) in [5.41, 5.74) is 0.489. The highest BCUT2D eigenvalue weighted by Crippen LogP contribution is 2.21. The Morgan fingerprint density at radius 2 is 1.69 bits per heavy atom. The molecule has 2 aromatic rings. The minimum atomic E-state index is -1.90. The lowest BCUT2D eigenvalue weighted by atomic mass is 9.95. The molecular weight excluding hydrogens is 476 g/mol. The molecule has 0 unspecified atom stereocenters. The van der Waals surface area contributed by atoms with E-state index in [4.69, 9.17) is 0 Å². The van der Waals surface area contributed by atoms with Gasteiger partial charge in [-0.25, -0.2) is 8.78 Å². The first-order chi connectivity index (χ1) is 16.7. The normalized spacial score (nSPS) is 15.6. The van der Waals surface area contributed by atoms with Crippen LogP contribution in [0.2, 0.25) is 0 Å². The first-order valence-corrected chi connectivity index (χ1v) is 13.0. The molecule has 10 heteroatoms. The van der Waals surface area contributed by atoms with Crippen molar-refractivity contribution in [3.8, 4) is 0 Å². The van der Waals surface area contributed by atoms with Crippen molar-refractivity contribution in [2.24, 2.45) is 0 Å². The third kappa shape index (κ3) is 7.95. The molecule has 7 nitrogen and oxygen atoms in total. The molecule has 1 saturated carbocycles. The standard InChI is InChI=1S/C25H29F2N3O4S/c1-17(25(33)29-20-7-3-2-4-8-20)30(22-9-5-6-19(27)14-22)24(32)16-35(34)15-23(31)28-21-12-10-18(26)11-13-21/h5-6,9-14,17,20H,2-4,7-8,15-16H2,1H3,(H,28,31)(H,29,33)/t17-,35-/m0/s1. The zero-order valence-electron chi connectivity index (χ0n) is 19.5. The monoisotopic (exact) mass is 505 g/mol. The Morgan fingerprint density at radius 1 is 1.00 bits per heavy atom. The van der Waals surface area contributed by atoms with E-state index < -0.39 is 51.8 Å². The van der Waals surface area contributed by atoms with Gasteiger partial charge < -0.3 is 10.6 Å². The number of halogens is 2. The zero-order valence-corrected chi connectivity index (χ0v) is 20.3. The smallest absolute Gasteiger partial charge is 0.243 e. The number of nitrogens with zero attached hydrogens (tertiary/aromatic N) is 1. The molecule has 188 valence electrons. The molecule has 1 fully saturated rings. The van der Waals surface area contributed by atoms with Gasteiger partial charge >= 0.3 is 0 Å². The second-order valence-corrected chi connectivity index (χ2v) is 10.0. The van der Waals surface area contributed by atoms with E-state index >= 15 is 0 Å². The maximum atomic E-state index is 13.9. The van der Waals surface area contributed by atoms with Crippen molar-refractivity contribution in [3.63, 3.8) is 0 Å². The number of hydrogen-bond donors (Lipinski definition) is 2. The minimum Gasteiger partial charge on any atom is -0.352 e. The summed E-state index contributed by atoms with van der Waals surface area (Å²) in [6, 6.07) is 9.38. The van der Waals surface area contributed by atoms with Crippen LogP contribution in [0.3, 0.4) is 0 Å². The molecule has 2 N–H and O–H groups in total. The Labute approximate surface area is 205 Å². The Balaban J connectivity index is 1.67. The van der Waals surface area contributed by atoms with Gasteiger partial charge in [-0.15, -0.1) is 0 Å². The van der Waals surface area contributed by atoms with Gasteiger partial charge in [-0.2, -0.15) is 0 Å². The van der Waals surface area contributed by atoms with Crippen LogP contribution in [-0.2, 0) is 25.2 Å². The average Bonchev–Trinajstić information content (AvgIpc) is 2.81.